The van der Waals surface area contributed by atoms with Gasteiger partial charge in [0.1, 0.15) is 0 Å². The minimum absolute atomic E-state index is 0.201. The number of benzene rings is 3. The summed E-state index contributed by atoms with van der Waals surface area (Å²) in [6, 6.07) is 18.0. The van der Waals surface area contributed by atoms with Crippen molar-refractivity contribution in [1.29, 1.82) is 0 Å². The highest BCUT2D eigenvalue weighted by atomic mass is 16.5. The first kappa shape index (κ1) is 26.9. The van der Waals surface area contributed by atoms with Gasteiger partial charge >= 0.3 is 11.8 Å². The number of rotatable bonds is 9. The maximum atomic E-state index is 12.2. The number of anilines is 2. The molecule has 0 radical (unpaired) electrons. The van der Waals surface area contributed by atoms with Crippen LogP contribution in [0.1, 0.15) is 29.2 Å². The average molecular weight is 503 g/mol. The first-order valence-electron chi connectivity index (χ1n) is 11.7. The van der Waals surface area contributed by atoms with Crippen LogP contribution in [0.2, 0.25) is 0 Å². The van der Waals surface area contributed by atoms with Gasteiger partial charge in [-0.05, 0) is 74.7 Å². The fraction of sp³-hybridized carbons (Fsp3) is 0.214. The van der Waals surface area contributed by atoms with Gasteiger partial charge in [0.25, 0.3) is 5.91 Å². The number of hydrogen-bond donors (Lipinski definition) is 3. The van der Waals surface area contributed by atoms with Gasteiger partial charge in [-0.25, -0.2) is 5.43 Å². The molecule has 37 heavy (non-hydrogen) atoms. The molecule has 0 saturated heterocycles. The third-order valence-electron chi connectivity index (χ3n) is 5.27. The van der Waals surface area contributed by atoms with E-state index in [0.29, 0.717) is 35.0 Å². The zero-order valence-electron chi connectivity index (χ0n) is 21.3. The molecule has 0 spiro atoms. The smallest absolute Gasteiger partial charge is 0.329 e. The number of nitrogens with one attached hydrogen (secondary N) is 3. The monoisotopic (exact) mass is 502 g/mol. The molecule has 3 aromatic carbocycles. The molecule has 0 aromatic heterocycles. The first-order chi connectivity index (χ1) is 17.8. The minimum atomic E-state index is -0.900. The van der Waals surface area contributed by atoms with Crippen LogP contribution in [0, 0.1) is 20.8 Å². The molecular weight excluding hydrogens is 472 g/mol. The van der Waals surface area contributed by atoms with Gasteiger partial charge in [-0.2, -0.15) is 5.10 Å². The molecule has 0 aliphatic heterocycles. The number of hydrogen-bond acceptors (Lipinski definition) is 6. The fourth-order valence-corrected chi connectivity index (χ4v) is 3.37. The van der Waals surface area contributed by atoms with Gasteiger partial charge < -0.3 is 20.1 Å². The summed E-state index contributed by atoms with van der Waals surface area (Å²) in [5, 5.41) is 9.24. The SMILES string of the molecule is CCOc1cc(/C=N\NC(=O)C(=O)Nc2c(C)cccc2C)ccc1OCC(=O)Nc1ccc(C)cc1. The lowest BCUT2D eigenvalue weighted by molar-refractivity contribution is -0.136. The molecule has 0 aliphatic carbocycles. The van der Waals surface area contributed by atoms with Crippen molar-refractivity contribution in [3.63, 3.8) is 0 Å². The number of ether oxygens (including phenoxy) is 2. The number of amides is 3. The second-order valence-electron chi connectivity index (χ2n) is 8.26. The maximum Gasteiger partial charge on any atom is 0.329 e. The molecule has 0 unspecified atom stereocenters. The van der Waals surface area contributed by atoms with Crippen LogP contribution in [0.15, 0.2) is 65.8 Å². The Hall–Kier alpha value is -4.66. The van der Waals surface area contributed by atoms with Gasteiger partial charge in [-0.3, -0.25) is 14.4 Å². The minimum Gasteiger partial charge on any atom is -0.490 e. The number of carbonyl (C=O) groups is 3. The molecule has 3 amide bonds. The van der Waals surface area contributed by atoms with Gasteiger partial charge in [0.15, 0.2) is 18.1 Å². The molecule has 3 rings (SSSR count). The highest BCUT2D eigenvalue weighted by Gasteiger charge is 2.15. The van der Waals surface area contributed by atoms with Gasteiger partial charge in [-0.15, -0.1) is 0 Å². The van der Waals surface area contributed by atoms with Gasteiger partial charge in [0.05, 0.1) is 12.8 Å². The van der Waals surface area contributed by atoms with Crippen molar-refractivity contribution < 1.29 is 23.9 Å². The normalized spacial score (nSPS) is 10.6. The Balaban J connectivity index is 1.57. The van der Waals surface area contributed by atoms with Gasteiger partial charge in [0, 0.05) is 11.4 Å². The molecule has 0 aliphatic rings. The lowest BCUT2D eigenvalue weighted by atomic mass is 10.1. The number of aryl methyl sites for hydroxylation is 3. The van der Waals surface area contributed by atoms with E-state index in [2.05, 4.69) is 21.2 Å². The molecule has 0 atom stereocenters. The van der Waals surface area contributed by atoms with E-state index in [9.17, 15) is 14.4 Å². The molecule has 9 heteroatoms. The third kappa shape index (κ3) is 7.93. The number of para-hydroxylation sites is 1. The second-order valence-corrected chi connectivity index (χ2v) is 8.26. The van der Waals surface area contributed by atoms with Crippen LogP contribution in [-0.2, 0) is 14.4 Å². The van der Waals surface area contributed by atoms with Crippen LogP contribution in [0.25, 0.3) is 0 Å². The summed E-state index contributed by atoms with van der Waals surface area (Å²) >= 11 is 0. The molecule has 0 saturated carbocycles. The zero-order valence-corrected chi connectivity index (χ0v) is 21.3. The molecule has 0 heterocycles. The van der Waals surface area contributed by atoms with E-state index in [1.54, 1.807) is 18.2 Å². The molecule has 0 fully saturated rings. The predicted molar refractivity (Wildman–Crippen MR) is 143 cm³/mol. The van der Waals surface area contributed by atoms with Crippen molar-refractivity contribution in [1.82, 2.24) is 5.43 Å². The highest BCUT2D eigenvalue weighted by molar-refractivity contribution is 6.39. The number of hydrazone groups is 1. The van der Waals surface area contributed by atoms with Crippen molar-refractivity contribution in [3.05, 3.63) is 82.9 Å². The van der Waals surface area contributed by atoms with E-state index in [-0.39, 0.29) is 12.5 Å². The van der Waals surface area contributed by atoms with Crippen molar-refractivity contribution in [2.24, 2.45) is 5.10 Å². The van der Waals surface area contributed by atoms with Crippen LogP contribution in [0.4, 0.5) is 11.4 Å². The molecule has 9 nitrogen and oxygen atoms in total. The van der Waals surface area contributed by atoms with Crippen molar-refractivity contribution in [2.75, 3.05) is 23.8 Å². The predicted octanol–water partition coefficient (Wildman–Crippen LogP) is 4.12. The third-order valence-corrected chi connectivity index (χ3v) is 5.27. The van der Waals surface area contributed by atoms with E-state index in [0.717, 1.165) is 16.7 Å². The molecule has 3 N–H and O–H groups in total. The molecule has 0 bridgehead atoms. The Kier molecular flexibility index (Phi) is 9.37. The van der Waals surface area contributed by atoms with E-state index < -0.39 is 11.8 Å². The lowest BCUT2D eigenvalue weighted by Gasteiger charge is -2.13. The highest BCUT2D eigenvalue weighted by Crippen LogP contribution is 2.28. The summed E-state index contributed by atoms with van der Waals surface area (Å²) in [6.07, 6.45) is 1.38. The summed E-state index contributed by atoms with van der Waals surface area (Å²) in [4.78, 5) is 36.6. The summed E-state index contributed by atoms with van der Waals surface area (Å²) in [7, 11) is 0. The zero-order chi connectivity index (χ0) is 26.8. The summed E-state index contributed by atoms with van der Waals surface area (Å²) < 4.78 is 11.3. The Bertz CT molecular complexity index is 1280. The molecule has 192 valence electrons. The van der Waals surface area contributed by atoms with E-state index >= 15 is 0 Å². The fourth-order valence-electron chi connectivity index (χ4n) is 3.37. The average Bonchev–Trinajstić information content (AvgIpc) is 2.87. The Labute approximate surface area is 215 Å². The quantitative estimate of drug-likeness (QED) is 0.231. The van der Waals surface area contributed by atoms with Crippen LogP contribution < -0.4 is 25.5 Å². The summed E-state index contributed by atoms with van der Waals surface area (Å²) in [6.45, 7) is 7.66. The molecular formula is C28H30N4O5. The largest absolute Gasteiger partial charge is 0.490 e. The standard InChI is InChI=1S/C28H30N4O5/c1-5-36-24-15-21(11-14-23(24)37-17-25(33)30-22-12-9-18(2)10-13-22)16-29-32-28(35)27(34)31-26-19(3)7-6-8-20(26)4/h6-16H,5,17H2,1-4H3,(H,30,33)(H,31,34)(H,32,35)/b29-16-. The van der Waals surface area contributed by atoms with E-state index in [4.69, 9.17) is 9.47 Å². The lowest BCUT2D eigenvalue weighted by Crippen LogP contribution is -2.32. The van der Waals surface area contributed by atoms with Crippen LogP contribution in [0.3, 0.4) is 0 Å². The van der Waals surface area contributed by atoms with Crippen LogP contribution in [-0.4, -0.2) is 37.1 Å². The van der Waals surface area contributed by atoms with E-state index in [1.807, 2.05) is 70.2 Å². The number of nitrogens with zero attached hydrogens (tertiary/aromatic N) is 1. The summed E-state index contributed by atoms with van der Waals surface area (Å²) in [5.41, 5.74) is 6.88. The Morgan fingerprint density at radius 2 is 1.54 bits per heavy atom. The van der Waals surface area contributed by atoms with Crippen molar-refractivity contribution in [2.45, 2.75) is 27.7 Å². The van der Waals surface area contributed by atoms with Crippen LogP contribution >= 0.6 is 0 Å². The van der Waals surface area contributed by atoms with E-state index in [1.165, 1.54) is 6.21 Å². The summed E-state index contributed by atoms with van der Waals surface area (Å²) in [5.74, 6) is -1.23. The van der Waals surface area contributed by atoms with Crippen LogP contribution in [0.5, 0.6) is 11.5 Å². The van der Waals surface area contributed by atoms with Gasteiger partial charge in [-0.1, -0.05) is 35.9 Å². The maximum absolute atomic E-state index is 12.2. The van der Waals surface area contributed by atoms with Crippen molar-refractivity contribution >= 4 is 35.3 Å². The first-order valence-corrected chi connectivity index (χ1v) is 11.7. The Morgan fingerprint density at radius 1 is 0.838 bits per heavy atom. The van der Waals surface area contributed by atoms with Crippen molar-refractivity contribution in [3.8, 4) is 11.5 Å². The second kappa shape index (κ2) is 12.9. The topological polar surface area (TPSA) is 118 Å². The Morgan fingerprint density at radius 3 is 2.22 bits per heavy atom. The molecule has 3 aromatic rings. The number of carbonyl (C=O) groups excluding carboxylic acids is 3. The van der Waals surface area contributed by atoms with Gasteiger partial charge in [0.2, 0.25) is 0 Å².